The highest BCUT2D eigenvalue weighted by Crippen LogP contribution is 2.29. The predicted octanol–water partition coefficient (Wildman–Crippen LogP) is 2.02. The molecule has 1 fully saturated rings. The van der Waals surface area contributed by atoms with E-state index in [1.54, 1.807) is 13.8 Å². The summed E-state index contributed by atoms with van der Waals surface area (Å²) in [5.74, 6) is -0.428. The molecule has 7 heteroatoms. The molecule has 0 heterocycles. The second-order valence-electron chi connectivity index (χ2n) is 5.41. The number of rotatable bonds is 4. The van der Waals surface area contributed by atoms with Gasteiger partial charge in [0.1, 0.15) is 5.82 Å². The summed E-state index contributed by atoms with van der Waals surface area (Å²) in [6, 6.07) is 2.45. The van der Waals surface area contributed by atoms with Gasteiger partial charge >= 0.3 is 0 Å². The zero-order valence-corrected chi connectivity index (χ0v) is 13.2. The normalized spacial score (nSPS) is 17.2. The van der Waals surface area contributed by atoms with Crippen LogP contribution in [-0.2, 0) is 10.0 Å². The van der Waals surface area contributed by atoms with Gasteiger partial charge in [-0.05, 0) is 56.4 Å². The van der Waals surface area contributed by atoms with Crippen LogP contribution < -0.4 is 10.5 Å². The average molecular weight is 323 g/mol. The Bertz CT molecular complexity index is 577. The Morgan fingerprint density at radius 1 is 1.30 bits per heavy atom. The largest absolute Gasteiger partial charge is 0.324 e. The first-order valence-corrected chi connectivity index (χ1v) is 7.77. The summed E-state index contributed by atoms with van der Waals surface area (Å²) in [5.41, 5.74) is 6.39. The van der Waals surface area contributed by atoms with Gasteiger partial charge in [-0.15, -0.1) is 12.4 Å². The molecule has 0 radical (unpaired) electrons. The molecular weight excluding hydrogens is 303 g/mol. The van der Waals surface area contributed by atoms with Crippen LogP contribution in [0, 0.1) is 19.7 Å². The third kappa shape index (κ3) is 3.49. The van der Waals surface area contributed by atoms with Gasteiger partial charge in [-0.1, -0.05) is 0 Å². The van der Waals surface area contributed by atoms with Crippen LogP contribution in [0.4, 0.5) is 4.39 Å². The molecular formula is C13H20ClFN2O2S. The summed E-state index contributed by atoms with van der Waals surface area (Å²) in [6.07, 6.45) is 2.70. The van der Waals surface area contributed by atoms with Crippen LogP contribution in [0.2, 0.25) is 0 Å². The molecule has 3 N–H and O–H groups in total. The van der Waals surface area contributed by atoms with Crippen LogP contribution in [0.25, 0.3) is 0 Å². The number of nitrogens with one attached hydrogen (secondary N) is 1. The summed E-state index contributed by atoms with van der Waals surface area (Å²) in [5, 5.41) is 0. The topological polar surface area (TPSA) is 72.2 Å². The number of sulfonamides is 1. The molecule has 0 atom stereocenters. The first-order chi connectivity index (χ1) is 8.73. The van der Waals surface area contributed by atoms with Crippen molar-refractivity contribution in [2.24, 2.45) is 5.73 Å². The molecule has 0 amide bonds. The molecule has 4 nitrogen and oxygen atoms in total. The van der Waals surface area contributed by atoms with E-state index in [0.29, 0.717) is 11.1 Å². The molecule has 0 saturated heterocycles. The van der Waals surface area contributed by atoms with Gasteiger partial charge in [0, 0.05) is 12.1 Å². The van der Waals surface area contributed by atoms with Gasteiger partial charge in [-0.2, -0.15) is 0 Å². The fourth-order valence-electron chi connectivity index (χ4n) is 2.44. The summed E-state index contributed by atoms with van der Waals surface area (Å²) in [6.45, 7) is 3.41. The van der Waals surface area contributed by atoms with Crippen molar-refractivity contribution in [1.29, 1.82) is 0 Å². The third-order valence-corrected chi connectivity index (χ3v) is 5.36. The molecule has 1 aromatic rings. The highest BCUT2D eigenvalue weighted by Gasteiger charge is 2.34. The molecule has 0 aliphatic heterocycles. The molecule has 0 unspecified atom stereocenters. The minimum absolute atomic E-state index is 0. The van der Waals surface area contributed by atoms with E-state index in [1.807, 2.05) is 0 Å². The van der Waals surface area contributed by atoms with Crippen molar-refractivity contribution in [3.8, 4) is 0 Å². The second kappa shape index (κ2) is 5.97. The van der Waals surface area contributed by atoms with Gasteiger partial charge in [-0.3, -0.25) is 0 Å². The Labute approximate surface area is 125 Å². The van der Waals surface area contributed by atoms with Crippen molar-refractivity contribution in [2.45, 2.75) is 43.5 Å². The van der Waals surface area contributed by atoms with Crippen LogP contribution in [0.3, 0.4) is 0 Å². The Hall–Kier alpha value is -0.690. The van der Waals surface area contributed by atoms with Crippen molar-refractivity contribution in [2.75, 3.05) is 6.54 Å². The van der Waals surface area contributed by atoms with E-state index < -0.39 is 21.4 Å². The second-order valence-corrected chi connectivity index (χ2v) is 7.11. The number of hydrogen-bond acceptors (Lipinski definition) is 3. The maximum atomic E-state index is 13.2. The lowest BCUT2D eigenvalue weighted by Gasteiger charge is -2.38. The van der Waals surface area contributed by atoms with Crippen LogP contribution in [-0.4, -0.2) is 20.5 Å². The zero-order chi connectivity index (χ0) is 14.3. The van der Waals surface area contributed by atoms with Gasteiger partial charge < -0.3 is 5.73 Å². The minimum atomic E-state index is -3.64. The summed E-state index contributed by atoms with van der Waals surface area (Å²) in [7, 11) is -3.64. The molecule has 1 aliphatic rings. The van der Waals surface area contributed by atoms with Crippen molar-refractivity contribution < 1.29 is 12.8 Å². The van der Waals surface area contributed by atoms with Crippen LogP contribution in [0.15, 0.2) is 17.0 Å². The highest BCUT2D eigenvalue weighted by atomic mass is 35.5. The fraction of sp³-hybridized carbons (Fsp3) is 0.538. The van der Waals surface area contributed by atoms with Gasteiger partial charge in [0.05, 0.1) is 4.90 Å². The van der Waals surface area contributed by atoms with Crippen molar-refractivity contribution in [3.05, 3.63) is 29.1 Å². The van der Waals surface area contributed by atoms with Gasteiger partial charge in [0.2, 0.25) is 10.0 Å². The van der Waals surface area contributed by atoms with Gasteiger partial charge in [-0.25, -0.2) is 17.5 Å². The molecule has 2 rings (SSSR count). The number of aryl methyl sites for hydroxylation is 2. The standard InChI is InChI=1S/C13H19FN2O2S.ClH/c1-9-6-11(14)7-10(2)12(9)19(17,18)16-8-13(15)4-3-5-13;/h6-7,16H,3-5,8,15H2,1-2H3;1H. The van der Waals surface area contributed by atoms with E-state index in [2.05, 4.69) is 4.72 Å². The lowest BCUT2D eigenvalue weighted by Crippen LogP contribution is -2.54. The minimum Gasteiger partial charge on any atom is -0.324 e. The van der Waals surface area contributed by atoms with Crippen molar-refractivity contribution >= 4 is 22.4 Å². The van der Waals surface area contributed by atoms with E-state index in [9.17, 15) is 12.8 Å². The molecule has 0 aromatic heterocycles. The molecule has 1 saturated carbocycles. The van der Waals surface area contributed by atoms with Crippen molar-refractivity contribution in [3.63, 3.8) is 0 Å². The van der Waals surface area contributed by atoms with Crippen LogP contribution >= 0.6 is 12.4 Å². The first kappa shape index (κ1) is 17.4. The Kier molecular flexibility index (Phi) is 5.18. The number of nitrogens with two attached hydrogens (primary N) is 1. The van der Waals surface area contributed by atoms with E-state index in [1.165, 1.54) is 12.1 Å². The average Bonchev–Trinajstić information content (AvgIpc) is 2.22. The predicted molar refractivity (Wildman–Crippen MR) is 79.1 cm³/mol. The molecule has 0 spiro atoms. The quantitative estimate of drug-likeness (QED) is 0.891. The first-order valence-electron chi connectivity index (χ1n) is 6.29. The number of halogens is 2. The summed E-state index contributed by atoms with van der Waals surface area (Å²) in [4.78, 5) is 0.150. The lowest BCUT2D eigenvalue weighted by atomic mass is 9.78. The molecule has 1 aromatic carbocycles. The SMILES string of the molecule is Cc1cc(F)cc(C)c1S(=O)(=O)NCC1(N)CCC1.Cl. The number of benzene rings is 1. The smallest absolute Gasteiger partial charge is 0.241 e. The molecule has 1 aliphatic carbocycles. The molecule has 114 valence electrons. The van der Waals surface area contributed by atoms with Crippen molar-refractivity contribution in [1.82, 2.24) is 4.72 Å². The summed E-state index contributed by atoms with van der Waals surface area (Å²) >= 11 is 0. The Morgan fingerprint density at radius 3 is 2.20 bits per heavy atom. The zero-order valence-electron chi connectivity index (χ0n) is 11.6. The van der Waals surface area contributed by atoms with Gasteiger partial charge in [0.25, 0.3) is 0 Å². The number of hydrogen-bond donors (Lipinski definition) is 2. The van der Waals surface area contributed by atoms with Gasteiger partial charge in [0.15, 0.2) is 0 Å². The molecule has 0 bridgehead atoms. The van der Waals surface area contributed by atoms with E-state index >= 15 is 0 Å². The fourth-order valence-corrected chi connectivity index (χ4v) is 4.03. The third-order valence-electron chi connectivity index (χ3n) is 3.66. The maximum absolute atomic E-state index is 13.2. The van der Waals surface area contributed by atoms with E-state index in [4.69, 9.17) is 5.73 Å². The van der Waals surface area contributed by atoms with Crippen LogP contribution in [0.5, 0.6) is 0 Å². The van der Waals surface area contributed by atoms with Crippen LogP contribution in [0.1, 0.15) is 30.4 Å². The Morgan fingerprint density at radius 2 is 1.80 bits per heavy atom. The van der Waals surface area contributed by atoms with E-state index in [-0.39, 0.29) is 23.8 Å². The Balaban J connectivity index is 0.00000200. The lowest BCUT2D eigenvalue weighted by molar-refractivity contribution is 0.251. The maximum Gasteiger partial charge on any atom is 0.241 e. The summed E-state index contributed by atoms with van der Waals surface area (Å²) < 4.78 is 40.3. The highest BCUT2D eigenvalue weighted by molar-refractivity contribution is 7.89. The van der Waals surface area contributed by atoms with E-state index in [0.717, 1.165) is 19.3 Å². The molecule has 20 heavy (non-hydrogen) atoms. The monoisotopic (exact) mass is 322 g/mol.